The number of aromatic hydroxyl groups is 1. The Labute approximate surface area is 109 Å². The van der Waals surface area contributed by atoms with Crippen LogP contribution in [0.2, 0.25) is 0 Å². The van der Waals surface area contributed by atoms with Gasteiger partial charge < -0.3 is 15.6 Å². The number of nitrogens with two attached hydrogens (primary N) is 1. The van der Waals surface area contributed by atoms with Crippen LogP contribution in [0, 0.1) is 0 Å². The van der Waals surface area contributed by atoms with Gasteiger partial charge in [-0.3, -0.25) is 0 Å². The Hall–Kier alpha value is -1.64. The van der Waals surface area contributed by atoms with Crippen LogP contribution in [0.1, 0.15) is 24.4 Å². The molecular weight excluding hydrogens is 292 g/mol. The highest BCUT2D eigenvalue weighted by Crippen LogP contribution is 2.34. The summed E-state index contributed by atoms with van der Waals surface area (Å²) in [5, 5.41) is 9.44. The fourth-order valence-corrected chi connectivity index (χ4v) is 1.50. The quantitative estimate of drug-likeness (QED) is 0.835. The van der Waals surface area contributed by atoms with E-state index in [1.54, 1.807) is 0 Å². The van der Waals surface area contributed by atoms with Crippen molar-refractivity contribution in [2.45, 2.75) is 31.4 Å². The molecule has 20 heavy (non-hydrogen) atoms. The van der Waals surface area contributed by atoms with Gasteiger partial charge >= 0.3 is 12.5 Å². The highest BCUT2D eigenvalue weighted by Gasteiger charge is 2.32. The standard InChI is InChI=1S/C11H11F6NO2/c12-10(13,14)4-3-8(18)7-5-6(1-2-9(7)19)20-11(15,16)17/h1-2,5,8,19H,3-4,18H2/t8-/m0/s1. The van der Waals surface area contributed by atoms with Gasteiger partial charge in [0.2, 0.25) is 0 Å². The molecule has 1 atom stereocenters. The molecule has 3 N–H and O–H groups in total. The summed E-state index contributed by atoms with van der Waals surface area (Å²) in [7, 11) is 0. The smallest absolute Gasteiger partial charge is 0.508 e. The minimum absolute atomic E-state index is 0.240. The predicted molar refractivity (Wildman–Crippen MR) is 57.0 cm³/mol. The molecule has 0 saturated heterocycles. The van der Waals surface area contributed by atoms with Crippen molar-refractivity contribution in [3.8, 4) is 11.5 Å². The number of halogens is 6. The summed E-state index contributed by atoms with van der Waals surface area (Å²) in [5.74, 6) is -1.15. The maximum absolute atomic E-state index is 12.0. The lowest BCUT2D eigenvalue weighted by atomic mass is 10.0. The van der Waals surface area contributed by atoms with Gasteiger partial charge in [0, 0.05) is 18.0 Å². The zero-order valence-electron chi connectivity index (χ0n) is 9.92. The Balaban J connectivity index is 2.85. The van der Waals surface area contributed by atoms with Crippen molar-refractivity contribution in [2.24, 2.45) is 5.73 Å². The molecule has 0 unspecified atom stereocenters. The molecule has 1 aromatic carbocycles. The second-order valence-electron chi connectivity index (χ2n) is 4.03. The lowest BCUT2D eigenvalue weighted by molar-refractivity contribution is -0.274. The van der Waals surface area contributed by atoms with Crippen LogP contribution in [0.3, 0.4) is 0 Å². The molecule has 114 valence electrons. The average Bonchev–Trinajstić information content (AvgIpc) is 2.25. The fourth-order valence-electron chi connectivity index (χ4n) is 1.50. The highest BCUT2D eigenvalue weighted by molar-refractivity contribution is 5.41. The molecule has 0 aliphatic heterocycles. The van der Waals surface area contributed by atoms with E-state index in [-0.39, 0.29) is 5.56 Å². The van der Waals surface area contributed by atoms with Crippen LogP contribution in [0.4, 0.5) is 26.3 Å². The average molecular weight is 303 g/mol. The number of hydrogen-bond donors (Lipinski definition) is 2. The van der Waals surface area contributed by atoms with Crippen molar-refractivity contribution >= 4 is 0 Å². The lowest BCUT2D eigenvalue weighted by Crippen LogP contribution is -2.18. The molecule has 0 aliphatic rings. The summed E-state index contributed by atoms with van der Waals surface area (Å²) in [4.78, 5) is 0. The number of benzene rings is 1. The second kappa shape index (κ2) is 5.78. The molecule has 0 aliphatic carbocycles. The molecule has 9 heteroatoms. The molecule has 0 fully saturated rings. The number of phenols is 1. The van der Waals surface area contributed by atoms with Gasteiger partial charge in [-0.2, -0.15) is 13.2 Å². The third-order valence-corrected chi connectivity index (χ3v) is 2.37. The molecule has 0 aromatic heterocycles. The lowest BCUT2D eigenvalue weighted by Gasteiger charge is -2.16. The summed E-state index contributed by atoms with van der Waals surface area (Å²) < 4.78 is 75.8. The van der Waals surface area contributed by atoms with Gasteiger partial charge in [-0.05, 0) is 24.6 Å². The summed E-state index contributed by atoms with van der Waals surface area (Å²) in [6.07, 6.45) is -11.2. The van der Waals surface area contributed by atoms with Crippen molar-refractivity contribution in [3.63, 3.8) is 0 Å². The molecular formula is C11H11F6NO2. The van der Waals surface area contributed by atoms with Crippen LogP contribution in [-0.2, 0) is 0 Å². The maximum Gasteiger partial charge on any atom is 0.573 e. The summed E-state index contributed by atoms with van der Waals surface area (Å²) in [6.45, 7) is 0. The SMILES string of the molecule is N[C@@H](CCC(F)(F)F)c1cc(OC(F)(F)F)ccc1O. The Morgan fingerprint density at radius 2 is 1.75 bits per heavy atom. The van der Waals surface area contributed by atoms with Crippen LogP contribution in [0.5, 0.6) is 11.5 Å². The third-order valence-electron chi connectivity index (χ3n) is 2.37. The largest absolute Gasteiger partial charge is 0.573 e. The first-order valence-electron chi connectivity index (χ1n) is 5.39. The van der Waals surface area contributed by atoms with Gasteiger partial charge in [0.1, 0.15) is 11.5 Å². The normalized spacial score (nSPS) is 14.2. The molecule has 0 radical (unpaired) electrons. The monoisotopic (exact) mass is 303 g/mol. The van der Waals surface area contributed by atoms with Crippen LogP contribution >= 0.6 is 0 Å². The van der Waals surface area contributed by atoms with Crippen LogP contribution in [0.25, 0.3) is 0 Å². The molecule has 1 aromatic rings. The molecule has 1 rings (SSSR count). The van der Waals surface area contributed by atoms with E-state index in [4.69, 9.17) is 5.73 Å². The van der Waals surface area contributed by atoms with E-state index in [0.29, 0.717) is 0 Å². The molecule has 0 saturated carbocycles. The molecule has 0 heterocycles. The summed E-state index contributed by atoms with van der Waals surface area (Å²) in [6, 6.07) is 1.23. The minimum Gasteiger partial charge on any atom is -0.508 e. The van der Waals surface area contributed by atoms with Gasteiger partial charge in [-0.15, -0.1) is 13.2 Å². The third kappa shape index (κ3) is 5.55. The van der Waals surface area contributed by atoms with E-state index >= 15 is 0 Å². The number of hydrogen-bond acceptors (Lipinski definition) is 3. The molecule has 3 nitrogen and oxygen atoms in total. The van der Waals surface area contributed by atoms with Crippen molar-refractivity contribution in [3.05, 3.63) is 23.8 Å². The van der Waals surface area contributed by atoms with Gasteiger partial charge in [-0.1, -0.05) is 0 Å². The number of phenolic OH excluding ortho intramolecular Hbond substituents is 1. The van der Waals surface area contributed by atoms with Crippen molar-refractivity contribution in [1.82, 2.24) is 0 Å². The molecule has 0 amide bonds. The first-order valence-corrected chi connectivity index (χ1v) is 5.39. The van der Waals surface area contributed by atoms with Crippen LogP contribution in [-0.4, -0.2) is 17.6 Å². The Bertz CT molecular complexity index is 457. The number of alkyl halides is 6. The van der Waals surface area contributed by atoms with Crippen LogP contribution in [0.15, 0.2) is 18.2 Å². The first kappa shape index (κ1) is 16.4. The summed E-state index contributed by atoms with van der Waals surface area (Å²) in [5.41, 5.74) is 5.20. The highest BCUT2D eigenvalue weighted by atomic mass is 19.4. The first-order chi connectivity index (χ1) is 8.98. The fraction of sp³-hybridized carbons (Fsp3) is 0.455. The topological polar surface area (TPSA) is 55.5 Å². The minimum atomic E-state index is -4.94. The van der Waals surface area contributed by atoms with Crippen molar-refractivity contribution in [1.29, 1.82) is 0 Å². The van der Waals surface area contributed by atoms with E-state index in [1.807, 2.05) is 0 Å². The zero-order valence-corrected chi connectivity index (χ0v) is 9.92. The van der Waals surface area contributed by atoms with Gasteiger partial charge in [0.25, 0.3) is 0 Å². The van der Waals surface area contributed by atoms with Gasteiger partial charge in [0.05, 0.1) is 0 Å². The van der Waals surface area contributed by atoms with E-state index in [2.05, 4.69) is 4.74 Å². The van der Waals surface area contributed by atoms with Crippen molar-refractivity contribution < 1.29 is 36.2 Å². The number of rotatable bonds is 4. The molecule has 0 bridgehead atoms. The maximum atomic E-state index is 12.0. The van der Waals surface area contributed by atoms with Gasteiger partial charge in [-0.25, -0.2) is 0 Å². The Kier molecular flexibility index (Phi) is 4.74. The van der Waals surface area contributed by atoms with Crippen LogP contribution < -0.4 is 10.5 Å². The van der Waals surface area contributed by atoms with E-state index in [9.17, 15) is 31.4 Å². The van der Waals surface area contributed by atoms with Crippen molar-refractivity contribution in [2.75, 3.05) is 0 Å². The summed E-state index contributed by atoms with van der Waals surface area (Å²) >= 11 is 0. The van der Waals surface area contributed by atoms with E-state index < -0.39 is 42.9 Å². The Morgan fingerprint density at radius 3 is 2.25 bits per heavy atom. The Morgan fingerprint density at radius 1 is 1.15 bits per heavy atom. The van der Waals surface area contributed by atoms with E-state index in [0.717, 1.165) is 18.2 Å². The number of ether oxygens (including phenoxy) is 1. The second-order valence-corrected chi connectivity index (χ2v) is 4.03. The van der Waals surface area contributed by atoms with Gasteiger partial charge in [0.15, 0.2) is 0 Å². The molecule has 0 spiro atoms. The zero-order chi connectivity index (χ0) is 15.6. The predicted octanol–water partition coefficient (Wildman–Crippen LogP) is 3.63. The van der Waals surface area contributed by atoms with E-state index in [1.165, 1.54) is 0 Å².